The Morgan fingerprint density at radius 3 is 2.41 bits per heavy atom. The van der Waals surface area contributed by atoms with Crippen LogP contribution in [0.3, 0.4) is 0 Å². The lowest BCUT2D eigenvalue weighted by Gasteiger charge is -2.43. The summed E-state index contributed by atoms with van der Waals surface area (Å²) in [6, 6.07) is 7.11. The van der Waals surface area contributed by atoms with Crippen LogP contribution in [0.5, 0.6) is 0 Å². The Labute approximate surface area is 160 Å². The van der Waals surface area contributed by atoms with Crippen molar-refractivity contribution in [3.05, 3.63) is 30.2 Å². The minimum atomic E-state index is -3.62. The van der Waals surface area contributed by atoms with Crippen molar-refractivity contribution in [1.29, 1.82) is 0 Å². The predicted molar refractivity (Wildman–Crippen MR) is 103 cm³/mol. The number of nitrogens with zero attached hydrogens (tertiary/aromatic N) is 3. The zero-order valence-corrected chi connectivity index (χ0v) is 16.5. The Hall–Kier alpha value is -1.93. The SMILES string of the molecule is Cc1nnc(-c2ccccc2NS(=O)(=O)N2CCC3(CCCCC3)CC2)o1. The zero-order chi connectivity index (χ0) is 18.9. The van der Waals surface area contributed by atoms with Crippen LogP contribution in [0, 0.1) is 12.3 Å². The summed E-state index contributed by atoms with van der Waals surface area (Å²) in [5, 5.41) is 7.85. The summed E-state index contributed by atoms with van der Waals surface area (Å²) >= 11 is 0. The number of benzene rings is 1. The van der Waals surface area contributed by atoms with Gasteiger partial charge in [0.2, 0.25) is 11.8 Å². The Kier molecular flexibility index (Phi) is 4.94. The molecule has 1 aliphatic heterocycles. The van der Waals surface area contributed by atoms with Gasteiger partial charge in [-0.15, -0.1) is 10.2 Å². The van der Waals surface area contributed by atoms with Crippen LogP contribution in [0.4, 0.5) is 5.69 Å². The van der Waals surface area contributed by atoms with Crippen molar-refractivity contribution in [3.63, 3.8) is 0 Å². The lowest BCUT2D eigenvalue weighted by atomic mass is 9.68. The number of rotatable bonds is 4. The van der Waals surface area contributed by atoms with Gasteiger partial charge >= 0.3 is 10.2 Å². The number of anilines is 1. The van der Waals surface area contributed by atoms with Crippen LogP contribution in [0.25, 0.3) is 11.5 Å². The van der Waals surface area contributed by atoms with Gasteiger partial charge in [0.05, 0.1) is 11.3 Å². The maximum absolute atomic E-state index is 13.0. The highest BCUT2D eigenvalue weighted by atomic mass is 32.2. The van der Waals surface area contributed by atoms with Gasteiger partial charge in [-0.3, -0.25) is 4.72 Å². The number of hydrogen-bond acceptors (Lipinski definition) is 5. The molecule has 1 N–H and O–H groups in total. The highest BCUT2D eigenvalue weighted by molar-refractivity contribution is 7.90. The zero-order valence-electron chi connectivity index (χ0n) is 15.6. The van der Waals surface area contributed by atoms with E-state index < -0.39 is 10.2 Å². The largest absolute Gasteiger partial charge is 0.421 e. The molecule has 1 aliphatic carbocycles. The van der Waals surface area contributed by atoms with Crippen molar-refractivity contribution in [1.82, 2.24) is 14.5 Å². The molecular weight excluding hydrogens is 364 g/mol. The van der Waals surface area contributed by atoms with Crippen molar-refractivity contribution in [2.75, 3.05) is 17.8 Å². The standard InChI is InChI=1S/C19H26N4O3S/c1-15-20-21-18(26-15)16-7-3-4-8-17(16)22-27(24,25)23-13-11-19(12-14-23)9-5-2-6-10-19/h3-4,7-8,22H,2,5-6,9-14H2,1H3. The number of aromatic nitrogens is 2. The Morgan fingerprint density at radius 1 is 1.04 bits per heavy atom. The van der Waals surface area contributed by atoms with E-state index in [0.29, 0.717) is 41.5 Å². The summed E-state index contributed by atoms with van der Waals surface area (Å²) in [6.07, 6.45) is 8.28. The maximum Gasteiger partial charge on any atom is 0.301 e. The molecule has 2 fully saturated rings. The van der Waals surface area contributed by atoms with Gasteiger partial charge in [0.25, 0.3) is 0 Å². The summed E-state index contributed by atoms with van der Waals surface area (Å²) < 4.78 is 35.7. The third-order valence-corrected chi connectivity index (χ3v) is 7.48. The van der Waals surface area contributed by atoms with E-state index in [-0.39, 0.29) is 0 Å². The molecule has 2 aliphatic rings. The highest BCUT2D eigenvalue weighted by Crippen LogP contribution is 2.45. The summed E-state index contributed by atoms with van der Waals surface area (Å²) in [7, 11) is -3.62. The van der Waals surface area contributed by atoms with Crippen molar-refractivity contribution in [3.8, 4) is 11.5 Å². The number of aryl methyl sites for hydroxylation is 1. The average Bonchev–Trinajstić information content (AvgIpc) is 3.09. The average molecular weight is 391 g/mol. The first-order chi connectivity index (χ1) is 13.0. The fourth-order valence-corrected chi connectivity index (χ4v) is 5.62. The molecule has 0 unspecified atom stereocenters. The van der Waals surface area contributed by atoms with Gasteiger partial charge in [0.15, 0.2) is 0 Å². The molecule has 146 valence electrons. The second-order valence-electron chi connectivity index (χ2n) is 7.74. The molecule has 4 rings (SSSR count). The quantitative estimate of drug-likeness (QED) is 0.859. The molecule has 2 aromatic rings. The van der Waals surface area contributed by atoms with Gasteiger partial charge in [0.1, 0.15) is 0 Å². The van der Waals surface area contributed by atoms with Gasteiger partial charge in [0, 0.05) is 20.0 Å². The highest BCUT2D eigenvalue weighted by Gasteiger charge is 2.38. The first kappa shape index (κ1) is 18.4. The van der Waals surface area contributed by atoms with Crippen LogP contribution >= 0.6 is 0 Å². The summed E-state index contributed by atoms with van der Waals surface area (Å²) in [6.45, 7) is 2.87. The molecule has 1 saturated heterocycles. The van der Waals surface area contributed by atoms with Gasteiger partial charge in [-0.05, 0) is 43.2 Å². The van der Waals surface area contributed by atoms with Crippen LogP contribution in [0.15, 0.2) is 28.7 Å². The van der Waals surface area contributed by atoms with Crippen LogP contribution in [0.1, 0.15) is 50.8 Å². The fraction of sp³-hybridized carbons (Fsp3) is 0.579. The third kappa shape index (κ3) is 3.87. The number of nitrogens with one attached hydrogen (secondary N) is 1. The molecule has 7 nitrogen and oxygen atoms in total. The first-order valence-electron chi connectivity index (χ1n) is 9.65. The molecule has 2 heterocycles. The lowest BCUT2D eigenvalue weighted by molar-refractivity contribution is 0.103. The van der Waals surface area contributed by atoms with Gasteiger partial charge in [-0.25, -0.2) is 0 Å². The van der Waals surface area contributed by atoms with E-state index in [2.05, 4.69) is 14.9 Å². The third-order valence-electron chi connectivity index (χ3n) is 5.96. The van der Waals surface area contributed by atoms with E-state index in [0.717, 1.165) is 12.8 Å². The topological polar surface area (TPSA) is 88.3 Å². The van der Waals surface area contributed by atoms with E-state index in [1.165, 1.54) is 32.1 Å². The van der Waals surface area contributed by atoms with E-state index >= 15 is 0 Å². The number of piperidine rings is 1. The van der Waals surface area contributed by atoms with Gasteiger partial charge < -0.3 is 4.42 Å². The predicted octanol–water partition coefficient (Wildman–Crippen LogP) is 3.75. The van der Waals surface area contributed by atoms with Gasteiger partial charge in [-0.2, -0.15) is 12.7 Å². The minimum absolute atomic E-state index is 0.311. The lowest BCUT2D eigenvalue weighted by Crippen LogP contribution is -2.45. The summed E-state index contributed by atoms with van der Waals surface area (Å²) in [5.41, 5.74) is 1.41. The van der Waals surface area contributed by atoms with Crippen molar-refractivity contribution >= 4 is 15.9 Å². The van der Waals surface area contributed by atoms with E-state index in [1.807, 2.05) is 6.07 Å². The normalized spacial score (nSPS) is 20.6. The molecule has 27 heavy (non-hydrogen) atoms. The molecule has 0 atom stereocenters. The monoisotopic (exact) mass is 390 g/mol. The van der Waals surface area contributed by atoms with Crippen molar-refractivity contribution in [2.24, 2.45) is 5.41 Å². The molecule has 8 heteroatoms. The molecule has 0 radical (unpaired) electrons. The molecule has 1 aromatic heterocycles. The number of para-hydroxylation sites is 1. The molecule has 0 amide bonds. The second-order valence-corrected chi connectivity index (χ2v) is 9.41. The van der Waals surface area contributed by atoms with Crippen LogP contribution in [-0.4, -0.2) is 36.0 Å². The Morgan fingerprint density at radius 2 is 1.74 bits per heavy atom. The minimum Gasteiger partial charge on any atom is -0.421 e. The van der Waals surface area contributed by atoms with E-state index in [9.17, 15) is 8.42 Å². The molecule has 1 spiro atoms. The maximum atomic E-state index is 13.0. The van der Waals surface area contributed by atoms with Crippen LogP contribution in [0.2, 0.25) is 0 Å². The summed E-state index contributed by atoms with van der Waals surface area (Å²) in [4.78, 5) is 0. The van der Waals surface area contributed by atoms with E-state index in [4.69, 9.17) is 4.42 Å². The Bertz CT molecular complexity index is 893. The molecule has 0 bridgehead atoms. The first-order valence-corrected chi connectivity index (χ1v) is 11.1. The smallest absolute Gasteiger partial charge is 0.301 e. The molecular formula is C19H26N4O3S. The van der Waals surface area contributed by atoms with Crippen LogP contribution in [-0.2, 0) is 10.2 Å². The van der Waals surface area contributed by atoms with Crippen molar-refractivity contribution in [2.45, 2.75) is 51.9 Å². The van der Waals surface area contributed by atoms with Crippen molar-refractivity contribution < 1.29 is 12.8 Å². The summed E-state index contributed by atoms with van der Waals surface area (Å²) in [5.74, 6) is 0.752. The van der Waals surface area contributed by atoms with Gasteiger partial charge in [-0.1, -0.05) is 31.4 Å². The van der Waals surface area contributed by atoms with Crippen LogP contribution < -0.4 is 4.72 Å². The Balaban J connectivity index is 1.50. The fourth-order valence-electron chi connectivity index (χ4n) is 4.37. The number of hydrogen-bond donors (Lipinski definition) is 1. The molecule has 1 saturated carbocycles. The van der Waals surface area contributed by atoms with E-state index in [1.54, 1.807) is 29.4 Å². The second kappa shape index (κ2) is 7.24. The molecule has 1 aromatic carbocycles.